The van der Waals surface area contributed by atoms with E-state index in [0.717, 1.165) is 22.0 Å². The molecule has 4 N–H and O–H groups in total. The average Bonchev–Trinajstić information content (AvgIpc) is 3.19. The molecule has 7 heteroatoms. The summed E-state index contributed by atoms with van der Waals surface area (Å²) in [6.45, 7) is 0.147. The average molecular weight is 362 g/mol. The van der Waals surface area contributed by atoms with E-state index in [1.165, 1.54) is 4.90 Å². The zero-order valence-electron chi connectivity index (χ0n) is 14.4. The third kappa shape index (κ3) is 3.15. The Bertz CT molecular complexity index is 1040. The van der Waals surface area contributed by atoms with Crippen molar-refractivity contribution in [1.82, 2.24) is 15.2 Å². The summed E-state index contributed by atoms with van der Waals surface area (Å²) in [5.41, 5.74) is 8.33. The van der Waals surface area contributed by atoms with E-state index >= 15 is 0 Å². The number of rotatable bonds is 5. The van der Waals surface area contributed by atoms with Crippen LogP contribution >= 0.6 is 0 Å². The Hall–Kier alpha value is -3.61. The van der Waals surface area contributed by atoms with Gasteiger partial charge in [-0.2, -0.15) is 0 Å². The number of hydrogen-bond acceptors (Lipinski definition) is 3. The van der Waals surface area contributed by atoms with Crippen LogP contribution in [0.3, 0.4) is 0 Å². The van der Waals surface area contributed by atoms with Crippen molar-refractivity contribution in [3.8, 4) is 0 Å². The molecule has 27 heavy (non-hydrogen) atoms. The summed E-state index contributed by atoms with van der Waals surface area (Å²) in [6.07, 6.45) is 2.29. The number of carbonyl (C=O) groups excluding carboxylic acids is 3. The van der Waals surface area contributed by atoms with Crippen molar-refractivity contribution in [3.63, 3.8) is 0 Å². The van der Waals surface area contributed by atoms with Crippen molar-refractivity contribution in [2.75, 3.05) is 0 Å². The number of nitrogens with one attached hydrogen (secondary N) is 2. The van der Waals surface area contributed by atoms with Crippen LogP contribution < -0.4 is 11.1 Å². The highest BCUT2D eigenvalue weighted by atomic mass is 16.2. The zero-order valence-corrected chi connectivity index (χ0v) is 14.4. The van der Waals surface area contributed by atoms with Crippen LogP contribution in [0.15, 0.2) is 54.7 Å². The van der Waals surface area contributed by atoms with E-state index in [2.05, 4.69) is 10.3 Å². The number of aromatic amines is 1. The van der Waals surface area contributed by atoms with Gasteiger partial charge in [0.2, 0.25) is 5.91 Å². The number of fused-ring (bicyclic) bond motifs is 1. The van der Waals surface area contributed by atoms with Crippen molar-refractivity contribution in [1.29, 1.82) is 0 Å². The molecule has 2 aromatic carbocycles. The summed E-state index contributed by atoms with van der Waals surface area (Å²) >= 11 is 0. The van der Waals surface area contributed by atoms with Crippen LogP contribution in [0.2, 0.25) is 0 Å². The Morgan fingerprint density at radius 2 is 1.81 bits per heavy atom. The second-order valence-electron chi connectivity index (χ2n) is 6.55. The molecule has 4 rings (SSSR count). The minimum atomic E-state index is -0.596. The van der Waals surface area contributed by atoms with Gasteiger partial charge in [0.05, 0.1) is 6.54 Å². The molecule has 1 fully saturated rings. The highest BCUT2D eigenvalue weighted by molar-refractivity contribution is 6.04. The standard InChI is InChI=1S/C20H18N4O3/c21-18(25)13-7-5-12(6-8-13)11-24-19(26)17(23-20(24)27)9-14-10-22-16-4-2-1-3-15(14)16/h1-8,10,17,22H,9,11H2,(H2,21,25)(H,23,27)/t17-/m0/s1. The van der Waals surface area contributed by atoms with Gasteiger partial charge in [-0.3, -0.25) is 14.5 Å². The maximum atomic E-state index is 12.7. The van der Waals surface area contributed by atoms with Crippen molar-refractivity contribution in [2.45, 2.75) is 19.0 Å². The number of para-hydroxylation sites is 1. The molecule has 0 saturated carbocycles. The molecule has 4 amide bonds. The minimum Gasteiger partial charge on any atom is -0.366 e. The number of amides is 4. The fourth-order valence-electron chi connectivity index (χ4n) is 3.34. The maximum Gasteiger partial charge on any atom is 0.325 e. The Labute approximate surface area is 155 Å². The van der Waals surface area contributed by atoms with Crippen LogP contribution in [0.1, 0.15) is 21.5 Å². The summed E-state index contributed by atoms with van der Waals surface area (Å²) in [5.74, 6) is -0.778. The summed E-state index contributed by atoms with van der Waals surface area (Å²) in [7, 11) is 0. The smallest absolute Gasteiger partial charge is 0.325 e. The first kappa shape index (κ1) is 16.8. The van der Waals surface area contributed by atoms with Crippen LogP contribution in [0.5, 0.6) is 0 Å². The molecule has 1 saturated heterocycles. The first-order chi connectivity index (χ1) is 13.0. The van der Waals surface area contributed by atoms with Crippen molar-refractivity contribution >= 4 is 28.7 Å². The van der Waals surface area contributed by atoms with Crippen LogP contribution in [0.4, 0.5) is 4.79 Å². The van der Waals surface area contributed by atoms with E-state index in [-0.39, 0.29) is 12.5 Å². The molecule has 1 atom stereocenters. The second kappa shape index (κ2) is 6.60. The molecule has 7 nitrogen and oxygen atoms in total. The van der Waals surface area contributed by atoms with Crippen molar-refractivity contribution in [2.24, 2.45) is 5.73 Å². The molecule has 3 aromatic rings. The summed E-state index contributed by atoms with van der Waals surface area (Å²) in [4.78, 5) is 40.5. The Morgan fingerprint density at radius 3 is 2.56 bits per heavy atom. The summed E-state index contributed by atoms with van der Waals surface area (Å²) in [5, 5.41) is 3.80. The quantitative estimate of drug-likeness (QED) is 0.604. The molecule has 1 aliphatic rings. The first-order valence-electron chi connectivity index (χ1n) is 8.58. The molecule has 0 bridgehead atoms. The monoisotopic (exact) mass is 362 g/mol. The van der Waals surface area contributed by atoms with Gasteiger partial charge in [-0.25, -0.2) is 4.79 Å². The summed E-state index contributed by atoms with van der Waals surface area (Å²) in [6, 6.07) is 13.4. The number of nitrogens with two attached hydrogens (primary N) is 1. The van der Waals surface area contributed by atoms with Crippen molar-refractivity contribution in [3.05, 3.63) is 71.4 Å². The molecule has 1 aromatic heterocycles. The lowest BCUT2D eigenvalue weighted by Crippen LogP contribution is -2.32. The predicted molar refractivity (Wildman–Crippen MR) is 99.8 cm³/mol. The zero-order chi connectivity index (χ0) is 19.0. The fourth-order valence-corrected chi connectivity index (χ4v) is 3.34. The lowest BCUT2D eigenvalue weighted by Gasteiger charge is -2.13. The van der Waals surface area contributed by atoms with E-state index in [1.807, 2.05) is 30.5 Å². The van der Waals surface area contributed by atoms with Gasteiger partial charge in [-0.15, -0.1) is 0 Å². The summed E-state index contributed by atoms with van der Waals surface area (Å²) < 4.78 is 0. The Morgan fingerprint density at radius 1 is 1.07 bits per heavy atom. The fraction of sp³-hybridized carbons (Fsp3) is 0.150. The van der Waals surface area contributed by atoms with Crippen LogP contribution in [-0.2, 0) is 17.8 Å². The molecule has 2 heterocycles. The van der Waals surface area contributed by atoms with E-state index < -0.39 is 18.0 Å². The van der Waals surface area contributed by atoms with E-state index in [9.17, 15) is 14.4 Å². The lowest BCUT2D eigenvalue weighted by atomic mass is 10.0. The SMILES string of the molecule is NC(=O)c1ccc(CN2C(=O)N[C@@H](Cc3c[nH]c4ccccc34)C2=O)cc1. The van der Waals surface area contributed by atoms with Gasteiger partial charge in [-0.05, 0) is 29.3 Å². The molecule has 0 spiro atoms. The number of imide groups is 1. The van der Waals surface area contributed by atoms with E-state index in [4.69, 9.17) is 5.73 Å². The van der Waals surface area contributed by atoms with Gasteiger partial charge in [0, 0.05) is 29.1 Å². The van der Waals surface area contributed by atoms with E-state index in [1.54, 1.807) is 24.3 Å². The molecule has 136 valence electrons. The van der Waals surface area contributed by atoms with E-state index in [0.29, 0.717) is 12.0 Å². The molecule has 0 aliphatic carbocycles. The molecular formula is C20H18N4O3. The number of primary amides is 1. The third-order valence-corrected chi connectivity index (χ3v) is 4.79. The number of carbonyl (C=O) groups is 3. The number of urea groups is 1. The maximum absolute atomic E-state index is 12.7. The lowest BCUT2D eigenvalue weighted by molar-refractivity contribution is -0.127. The van der Waals surface area contributed by atoms with Crippen LogP contribution in [0.25, 0.3) is 10.9 Å². The first-order valence-corrected chi connectivity index (χ1v) is 8.58. The van der Waals surface area contributed by atoms with Crippen LogP contribution in [0, 0.1) is 0 Å². The number of aromatic nitrogens is 1. The number of hydrogen-bond donors (Lipinski definition) is 3. The third-order valence-electron chi connectivity index (χ3n) is 4.79. The highest BCUT2D eigenvalue weighted by Crippen LogP contribution is 2.22. The highest BCUT2D eigenvalue weighted by Gasteiger charge is 2.38. The topological polar surface area (TPSA) is 108 Å². The number of H-pyrrole nitrogens is 1. The van der Waals surface area contributed by atoms with Gasteiger partial charge in [-0.1, -0.05) is 30.3 Å². The number of benzene rings is 2. The number of nitrogens with zero attached hydrogens (tertiary/aromatic N) is 1. The molecular weight excluding hydrogens is 344 g/mol. The second-order valence-corrected chi connectivity index (χ2v) is 6.55. The largest absolute Gasteiger partial charge is 0.366 e. The molecule has 0 radical (unpaired) electrons. The molecule has 0 unspecified atom stereocenters. The van der Waals surface area contributed by atoms with Crippen LogP contribution in [-0.4, -0.2) is 33.8 Å². The van der Waals surface area contributed by atoms with Gasteiger partial charge < -0.3 is 16.0 Å². The minimum absolute atomic E-state index is 0.147. The van der Waals surface area contributed by atoms with Crippen molar-refractivity contribution < 1.29 is 14.4 Å². The van der Waals surface area contributed by atoms with Gasteiger partial charge in [0.25, 0.3) is 5.91 Å². The Balaban J connectivity index is 1.49. The predicted octanol–water partition coefficient (Wildman–Crippen LogP) is 1.93. The Kier molecular flexibility index (Phi) is 4.12. The van der Waals surface area contributed by atoms with Gasteiger partial charge >= 0.3 is 6.03 Å². The normalized spacial score (nSPS) is 16.7. The molecule has 1 aliphatic heterocycles. The van der Waals surface area contributed by atoms with Gasteiger partial charge in [0.15, 0.2) is 0 Å². The van der Waals surface area contributed by atoms with Gasteiger partial charge in [0.1, 0.15) is 6.04 Å².